The summed E-state index contributed by atoms with van der Waals surface area (Å²) in [6.07, 6.45) is 8.07. The maximum absolute atomic E-state index is 15.3. The quantitative estimate of drug-likeness (QED) is 0.109. The number of rotatable bonds is 7. The van der Waals surface area contributed by atoms with Crippen molar-refractivity contribution >= 4 is 17.3 Å². The Kier molecular flexibility index (Phi) is 8.27. The van der Waals surface area contributed by atoms with Crippen molar-refractivity contribution in [1.82, 2.24) is 0 Å². The molecular weight excluding hydrogens is 540 g/mol. The summed E-state index contributed by atoms with van der Waals surface area (Å²) in [5.41, 5.74) is -1.02. The van der Waals surface area contributed by atoms with Crippen LogP contribution in [0.1, 0.15) is 105 Å². The van der Waals surface area contributed by atoms with E-state index in [0.29, 0.717) is 19.3 Å². The molecule has 0 aromatic heterocycles. The zero-order valence-corrected chi connectivity index (χ0v) is 27.5. The second kappa shape index (κ2) is 10.9. The van der Waals surface area contributed by atoms with Crippen molar-refractivity contribution in [2.45, 2.75) is 101 Å². The molecule has 2 aliphatic carbocycles. The van der Waals surface area contributed by atoms with E-state index in [1.807, 2.05) is 61.5 Å². The number of hydrogen-bond acceptors (Lipinski definition) is 6. The van der Waals surface area contributed by atoms with E-state index in [4.69, 9.17) is 4.74 Å². The number of benzene rings is 1. The third-order valence-corrected chi connectivity index (χ3v) is 10.3. The Morgan fingerprint density at radius 3 is 2.09 bits per heavy atom. The van der Waals surface area contributed by atoms with Gasteiger partial charge < -0.3 is 14.9 Å². The molecular formula is C37H48O6. The molecule has 4 atom stereocenters. The molecule has 43 heavy (non-hydrogen) atoms. The van der Waals surface area contributed by atoms with Gasteiger partial charge in [-0.1, -0.05) is 48.8 Å². The van der Waals surface area contributed by atoms with Crippen molar-refractivity contribution in [1.29, 1.82) is 0 Å². The first-order chi connectivity index (χ1) is 19.8. The van der Waals surface area contributed by atoms with Crippen LogP contribution in [0.15, 0.2) is 64.5 Å². The number of allylic oxidation sites excluding steroid dienone is 7. The predicted octanol–water partition coefficient (Wildman–Crippen LogP) is 8.20. The number of ether oxygens (including phenoxy) is 1. The molecule has 4 rings (SSSR count). The fraction of sp³-hybridized carbons (Fsp3) is 0.541. The normalized spacial score (nSPS) is 28.8. The zero-order chi connectivity index (χ0) is 32.3. The van der Waals surface area contributed by atoms with Gasteiger partial charge in [0.15, 0.2) is 28.8 Å². The van der Waals surface area contributed by atoms with Gasteiger partial charge in [-0.05, 0) is 111 Å². The highest BCUT2D eigenvalue weighted by molar-refractivity contribution is 6.35. The fourth-order valence-corrected chi connectivity index (χ4v) is 7.58. The Bertz CT molecular complexity index is 1490. The third kappa shape index (κ3) is 5.11. The van der Waals surface area contributed by atoms with Crippen LogP contribution in [0, 0.1) is 28.1 Å². The fourth-order valence-electron chi connectivity index (χ4n) is 7.58. The molecule has 1 aromatic rings. The van der Waals surface area contributed by atoms with E-state index in [0.717, 1.165) is 11.1 Å². The first-order valence-electron chi connectivity index (χ1n) is 15.3. The van der Waals surface area contributed by atoms with Crippen molar-refractivity contribution in [3.05, 3.63) is 70.0 Å². The molecule has 0 amide bonds. The van der Waals surface area contributed by atoms with E-state index in [2.05, 4.69) is 26.0 Å². The minimum atomic E-state index is -1.49. The van der Waals surface area contributed by atoms with Gasteiger partial charge in [-0.3, -0.25) is 14.4 Å². The Balaban J connectivity index is 2.12. The van der Waals surface area contributed by atoms with Crippen molar-refractivity contribution in [3.8, 4) is 11.5 Å². The summed E-state index contributed by atoms with van der Waals surface area (Å²) >= 11 is 0. The predicted molar refractivity (Wildman–Crippen MR) is 169 cm³/mol. The molecule has 2 bridgehead atoms. The summed E-state index contributed by atoms with van der Waals surface area (Å²) < 4.78 is 6.76. The van der Waals surface area contributed by atoms with Crippen molar-refractivity contribution in [2.75, 3.05) is 0 Å². The lowest BCUT2D eigenvalue weighted by Gasteiger charge is -2.63. The van der Waals surface area contributed by atoms with Crippen LogP contribution in [0.4, 0.5) is 0 Å². The maximum atomic E-state index is 15.3. The summed E-state index contributed by atoms with van der Waals surface area (Å²) in [5.74, 6) is -2.07. The van der Waals surface area contributed by atoms with Crippen molar-refractivity contribution < 1.29 is 29.3 Å². The molecule has 2 N–H and O–H groups in total. The summed E-state index contributed by atoms with van der Waals surface area (Å²) in [5, 5.41) is 20.2. The van der Waals surface area contributed by atoms with E-state index in [9.17, 15) is 15.0 Å². The maximum Gasteiger partial charge on any atom is 0.200 e. The van der Waals surface area contributed by atoms with Crippen LogP contribution in [0.3, 0.4) is 0 Å². The van der Waals surface area contributed by atoms with Gasteiger partial charge in [0.2, 0.25) is 0 Å². The largest absolute Gasteiger partial charge is 0.504 e. The summed E-state index contributed by atoms with van der Waals surface area (Å²) in [6, 6.07) is 3.79. The number of aromatic hydroxyl groups is 2. The zero-order valence-electron chi connectivity index (χ0n) is 27.5. The first-order valence-corrected chi connectivity index (χ1v) is 15.3. The summed E-state index contributed by atoms with van der Waals surface area (Å²) in [4.78, 5) is 44.8. The highest BCUT2D eigenvalue weighted by atomic mass is 16.5. The Morgan fingerprint density at radius 2 is 1.53 bits per heavy atom. The number of phenols is 2. The summed E-state index contributed by atoms with van der Waals surface area (Å²) in [7, 11) is 0. The number of hydrogen-bond donors (Lipinski definition) is 2. The molecule has 1 aromatic carbocycles. The second-order valence-electron chi connectivity index (χ2n) is 14.8. The lowest BCUT2D eigenvalue weighted by molar-refractivity contribution is -0.186. The monoisotopic (exact) mass is 588 g/mol. The number of ketones is 3. The average Bonchev–Trinajstić information content (AvgIpc) is 2.88. The average molecular weight is 589 g/mol. The Morgan fingerprint density at radius 1 is 0.907 bits per heavy atom. The molecule has 1 saturated carbocycles. The van der Waals surface area contributed by atoms with E-state index < -0.39 is 39.2 Å². The molecule has 3 aliphatic rings. The van der Waals surface area contributed by atoms with Crippen LogP contribution in [0.5, 0.6) is 11.5 Å². The molecule has 0 unspecified atom stereocenters. The van der Waals surface area contributed by atoms with Gasteiger partial charge in [-0.15, -0.1) is 0 Å². The minimum absolute atomic E-state index is 0.0313. The second-order valence-corrected chi connectivity index (χ2v) is 14.8. The lowest BCUT2D eigenvalue weighted by atomic mass is 9.39. The number of phenolic OH excluding ortho intramolecular Hbond substituents is 2. The van der Waals surface area contributed by atoms with Gasteiger partial charge in [0.1, 0.15) is 22.3 Å². The molecule has 1 aliphatic heterocycles. The Labute approximate surface area is 256 Å². The molecule has 232 valence electrons. The number of Topliss-reactive ketones (excluding diaryl/α,β-unsaturated/α-hetero) is 3. The molecule has 2 fully saturated rings. The number of carbonyl (C=O) groups is 3. The number of carbonyl (C=O) groups excluding carboxylic acids is 3. The van der Waals surface area contributed by atoms with Crippen LogP contribution in [0.25, 0.3) is 0 Å². The summed E-state index contributed by atoms with van der Waals surface area (Å²) in [6.45, 7) is 20.0. The van der Waals surface area contributed by atoms with Gasteiger partial charge >= 0.3 is 0 Å². The third-order valence-electron chi connectivity index (χ3n) is 10.3. The smallest absolute Gasteiger partial charge is 0.200 e. The molecule has 1 saturated heterocycles. The van der Waals surface area contributed by atoms with Gasteiger partial charge in [-0.25, -0.2) is 0 Å². The van der Waals surface area contributed by atoms with Crippen LogP contribution >= 0.6 is 0 Å². The molecule has 1 heterocycles. The SMILES string of the molecule is CC(C)=CC[C@H]1C[C@@]23C[C@@H](C=C(C)C)C(C)(C)OC2=C(C(=O)c2ccc(O)c(O)c2)C(=O)[C@](CC=C(C)C)(C3=O)C1(C)C. The van der Waals surface area contributed by atoms with Crippen LogP contribution in [0.2, 0.25) is 0 Å². The van der Waals surface area contributed by atoms with E-state index in [1.165, 1.54) is 23.8 Å². The highest BCUT2D eigenvalue weighted by Gasteiger charge is 2.74. The molecule has 6 heteroatoms. The van der Waals surface area contributed by atoms with Gasteiger partial charge in [0.25, 0.3) is 0 Å². The standard InChI is InChI=1S/C37H48O6/c1-21(2)11-13-25-19-36-20-26(17-23(5)6)35(9,10)43-32(36)29(30(40)24-12-14-27(38)28(39)18-24)31(41)37(33(36)42,34(25,7)8)16-15-22(3)4/h11-12,14-15,17-18,25-26,38-39H,13,16,19-20H2,1-10H3/t25-,26+,36+,37+/m0/s1. The Hall–Kier alpha value is -3.41. The van der Waals surface area contributed by atoms with Gasteiger partial charge in [0.05, 0.1) is 5.41 Å². The minimum Gasteiger partial charge on any atom is -0.504 e. The topological polar surface area (TPSA) is 101 Å². The van der Waals surface area contributed by atoms with Crippen LogP contribution in [-0.4, -0.2) is 33.2 Å². The van der Waals surface area contributed by atoms with E-state index >= 15 is 9.59 Å². The first kappa shape index (κ1) is 32.5. The highest BCUT2D eigenvalue weighted by Crippen LogP contribution is 2.69. The van der Waals surface area contributed by atoms with Gasteiger partial charge in [0, 0.05) is 11.5 Å². The van der Waals surface area contributed by atoms with Gasteiger partial charge in [-0.2, -0.15) is 0 Å². The molecule has 6 nitrogen and oxygen atoms in total. The van der Waals surface area contributed by atoms with E-state index in [1.54, 1.807) is 0 Å². The lowest BCUT2D eigenvalue weighted by Crippen LogP contribution is -2.69. The van der Waals surface area contributed by atoms with Crippen molar-refractivity contribution in [3.63, 3.8) is 0 Å². The van der Waals surface area contributed by atoms with Crippen molar-refractivity contribution in [2.24, 2.45) is 28.1 Å². The van der Waals surface area contributed by atoms with Crippen LogP contribution < -0.4 is 0 Å². The van der Waals surface area contributed by atoms with Crippen LogP contribution in [-0.2, 0) is 14.3 Å². The molecule has 0 radical (unpaired) electrons. The molecule has 1 spiro atoms. The van der Waals surface area contributed by atoms with E-state index in [-0.39, 0.29) is 46.7 Å². The number of fused-ring (bicyclic) bond motifs is 1.